The maximum Gasteiger partial charge on any atom is 0.243 e. The van der Waals surface area contributed by atoms with Crippen molar-refractivity contribution in [3.63, 3.8) is 0 Å². The average molecular weight is 504 g/mol. The van der Waals surface area contributed by atoms with Crippen molar-refractivity contribution < 1.29 is 4.79 Å². The molecule has 152 valence electrons. The molecule has 0 aromatic heterocycles. The first-order valence-corrected chi connectivity index (χ1v) is 10.4. The average Bonchev–Trinajstić information content (AvgIpc) is 2.63. The van der Waals surface area contributed by atoms with E-state index < -0.39 is 0 Å². The topological polar surface area (TPSA) is 56.7 Å². The van der Waals surface area contributed by atoms with Crippen molar-refractivity contribution >= 4 is 47.6 Å². The molecule has 1 aliphatic rings. The first-order valence-electron chi connectivity index (χ1n) is 9.17. The zero-order valence-electron chi connectivity index (χ0n) is 17.0. The van der Waals surface area contributed by atoms with Crippen LogP contribution in [0.3, 0.4) is 0 Å². The summed E-state index contributed by atoms with van der Waals surface area (Å²) in [6, 6.07) is 8.97. The number of carbonyl (C=O) groups excluding carboxylic acids is 1. The van der Waals surface area contributed by atoms with E-state index in [0.717, 1.165) is 31.8 Å². The number of rotatable bonds is 6. The SMILES string of the molecule is CSC(C)(C)CNC(=NCC(=O)N(C)C)NC1CCc2ccccc2C1.I. The van der Waals surface area contributed by atoms with Crippen molar-refractivity contribution in [2.45, 2.75) is 43.9 Å². The van der Waals surface area contributed by atoms with Crippen molar-refractivity contribution in [1.29, 1.82) is 0 Å². The Morgan fingerprint density at radius 2 is 1.96 bits per heavy atom. The quantitative estimate of drug-likeness (QED) is 0.356. The maximum atomic E-state index is 11.9. The number of guanidine groups is 1. The molecule has 0 fully saturated rings. The summed E-state index contributed by atoms with van der Waals surface area (Å²) in [5, 5.41) is 6.97. The van der Waals surface area contributed by atoms with Crippen LogP contribution in [0.25, 0.3) is 0 Å². The van der Waals surface area contributed by atoms with Crippen LogP contribution in [0.2, 0.25) is 0 Å². The molecule has 0 heterocycles. The Morgan fingerprint density at radius 3 is 2.59 bits per heavy atom. The van der Waals surface area contributed by atoms with Crippen LogP contribution in [-0.4, -0.2) is 61.0 Å². The standard InChI is InChI=1S/C20H32N4OS.HI/c1-20(2,26-5)14-22-19(21-13-18(25)24(3)4)23-17-11-10-15-8-6-7-9-16(15)12-17;/h6-9,17H,10-14H2,1-5H3,(H2,21,22,23);1H. The third-order valence-electron chi connectivity index (χ3n) is 4.79. The molecule has 2 N–H and O–H groups in total. The van der Waals surface area contributed by atoms with Crippen LogP contribution in [0.5, 0.6) is 0 Å². The van der Waals surface area contributed by atoms with E-state index in [1.54, 1.807) is 19.0 Å². The molecule has 0 spiro atoms. The van der Waals surface area contributed by atoms with Gasteiger partial charge in [-0.15, -0.1) is 24.0 Å². The van der Waals surface area contributed by atoms with E-state index in [9.17, 15) is 4.79 Å². The number of carbonyl (C=O) groups is 1. The second-order valence-corrected chi connectivity index (χ2v) is 9.14. The highest BCUT2D eigenvalue weighted by Crippen LogP contribution is 2.21. The Bertz CT molecular complexity index is 649. The lowest BCUT2D eigenvalue weighted by Crippen LogP contribution is -2.49. The fraction of sp³-hybridized carbons (Fsp3) is 0.600. The van der Waals surface area contributed by atoms with Gasteiger partial charge in [0.25, 0.3) is 0 Å². The second kappa shape index (κ2) is 11.1. The molecule has 0 radical (unpaired) electrons. The highest BCUT2D eigenvalue weighted by molar-refractivity contribution is 14.0. The van der Waals surface area contributed by atoms with Gasteiger partial charge in [0.05, 0.1) is 0 Å². The summed E-state index contributed by atoms with van der Waals surface area (Å²) in [6.07, 6.45) is 5.25. The van der Waals surface area contributed by atoms with Crippen molar-refractivity contribution in [1.82, 2.24) is 15.5 Å². The molecule has 7 heteroatoms. The lowest BCUT2D eigenvalue weighted by Gasteiger charge is -2.29. The van der Waals surface area contributed by atoms with E-state index in [4.69, 9.17) is 0 Å². The number of aryl methyl sites for hydroxylation is 1. The Hall–Kier alpha value is -0.960. The molecule has 0 bridgehead atoms. The van der Waals surface area contributed by atoms with Crippen molar-refractivity contribution in [3.8, 4) is 0 Å². The molecule has 1 aromatic carbocycles. The molecule has 1 amide bonds. The Morgan fingerprint density at radius 1 is 1.30 bits per heavy atom. The van der Waals surface area contributed by atoms with E-state index in [1.165, 1.54) is 11.1 Å². The maximum absolute atomic E-state index is 11.9. The van der Waals surface area contributed by atoms with Gasteiger partial charge in [-0.2, -0.15) is 11.8 Å². The first kappa shape index (κ1) is 24.1. The van der Waals surface area contributed by atoms with Gasteiger partial charge < -0.3 is 15.5 Å². The minimum atomic E-state index is 0. The Labute approximate surface area is 185 Å². The normalized spacial score (nSPS) is 16.8. The largest absolute Gasteiger partial charge is 0.355 e. The molecule has 1 atom stereocenters. The number of thioether (sulfide) groups is 1. The lowest BCUT2D eigenvalue weighted by molar-refractivity contribution is -0.127. The summed E-state index contributed by atoms with van der Waals surface area (Å²) >= 11 is 1.81. The van der Waals surface area contributed by atoms with Gasteiger partial charge in [0.15, 0.2) is 5.96 Å². The number of amides is 1. The molecule has 0 saturated heterocycles. The predicted octanol–water partition coefficient (Wildman–Crippen LogP) is 2.93. The van der Waals surface area contributed by atoms with Crippen LogP contribution in [0.1, 0.15) is 31.4 Å². The van der Waals surface area contributed by atoms with Gasteiger partial charge >= 0.3 is 0 Å². The van der Waals surface area contributed by atoms with Gasteiger partial charge in [0.2, 0.25) is 5.91 Å². The number of hydrogen-bond acceptors (Lipinski definition) is 3. The number of aliphatic imine (C=N–C) groups is 1. The summed E-state index contributed by atoms with van der Waals surface area (Å²) in [4.78, 5) is 18.0. The van der Waals surface area contributed by atoms with E-state index in [1.807, 2.05) is 11.8 Å². The lowest BCUT2D eigenvalue weighted by atomic mass is 9.88. The van der Waals surface area contributed by atoms with Gasteiger partial charge in [-0.1, -0.05) is 24.3 Å². The summed E-state index contributed by atoms with van der Waals surface area (Å²) in [7, 11) is 3.51. The molecule has 1 aromatic rings. The molecular weight excluding hydrogens is 471 g/mol. The fourth-order valence-corrected chi connectivity index (χ4v) is 3.04. The number of nitrogens with one attached hydrogen (secondary N) is 2. The minimum Gasteiger partial charge on any atom is -0.355 e. The summed E-state index contributed by atoms with van der Waals surface area (Å²) in [5.74, 6) is 0.732. The van der Waals surface area contributed by atoms with E-state index in [2.05, 4.69) is 60.0 Å². The number of fused-ring (bicyclic) bond motifs is 1. The number of hydrogen-bond donors (Lipinski definition) is 2. The number of likely N-dealkylation sites (N-methyl/N-ethyl adjacent to an activating group) is 1. The Balaban J connectivity index is 0.00000364. The van der Waals surface area contributed by atoms with Gasteiger partial charge in [0, 0.05) is 31.4 Å². The third-order valence-corrected chi connectivity index (χ3v) is 6.04. The van der Waals surface area contributed by atoms with Crippen molar-refractivity contribution in [2.24, 2.45) is 4.99 Å². The van der Waals surface area contributed by atoms with Crippen LogP contribution < -0.4 is 10.6 Å². The predicted molar refractivity (Wildman–Crippen MR) is 127 cm³/mol. The summed E-state index contributed by atoms with van der Waals surface area (Å²) < 4.78 is 0.104. The Kier molecular flexibility index (Phi) is 9.94. The van der Waals surface area contributed by atoms with E-state index >= 15 is 0 Å². The van der Waals surface area contributed by atoms with Crippen LogP contribution in [0.15, 0.2) is 29.3 Å². The first-order chi connectivity index (χ1) is 12.3. The molecule has 0 aliphatic heterocycles. The van der Waals surface area contributed by atoms with Gasteiger partial charge in [-0.25, -0.2) is 4.99 Å². The van der Waals surface area contributed by atoms with Crippen LogP contribution in [-0.2, 0) is 17.6 Å². The summed E-state index contributed by atoms with van der Waals surface area (Å²) in [6.45, 7) is 5.35. The van der Waals surface area contributed by atoms with E-state index in [0.29, 0.717) is 6.04 Å². The van der Waals surface area contributed by atoms with E-state index in [-0.39, 0.29) is 41.2 Å². The fourth-order valence-electron chi connectivity index (χ4n) is 2.82. The molecule has 5 nitrogen and oxygen atoms in total. The molecule has 2 rings (SSSR count). The third kappa shape index (κ3) is 7.89. The zero-order valence-corrected chi connectivity index (χ0v) is 20.2. The molecule has 1 unspecified atom stereocenters. The molecule has 1 aliphatic carbocycles. The van der Waals surface area contributed by atoms with Crippen LogP contribution in [0, 0.1) is 0 Å². The van der Waals surface area contributed by atoms with Gasteiger partial charge in [-0.3, -0.25) is 4.79 Å². The molecule has 27 heavy (non-hydrogen) atoms. The minimum absolute atomic E-state index is 0. The zero-order chi connectivity index (χ0) is 19.2. The van der Waals surface area contributed by atoms with Gasteiger partial charge in [-0.05, 0) is 50.5 Å². The number of nitrogens with zero attached hydrogens (tertiary/aromatic N) is 2. The van der Waals surface area contributed by atoms with Crippen LogP contribution >= 0.6 is 35.7 Å². The summed E-state index contributed by atoms with van der Waals surface area (Å²) in [5.41, 5.74) is 2.85. The van der Waals surface area contributed by atoms with Crippen molar-refractivity contribution in [3.05, 3.63) is 35.4 Å². The number of benzene rings is 1. The molecular formula is C20H33IN4OS. The molecule has 0 saturated carbocycles. The second-order valence-electron chi connectivity index (χ2n) is 7.62. The highest BCUT2D eigenvalue weighted by atomic mass is 127. The van der Waals surface area contributed by atoms with Crippen LogP contribution in [0.4, 0.5) is 0 Å². The van der Waals surface area contributed by atoms with Gasteiger partial charge in [0.1, 0.15) is 6.54 Å². The van der Waals surface area contributed by atoms with Crippen molar-refractivity contribution in [2.75, 3.05) is 33.4 Å². The number of halogens is 1. The smallest absolute Gasteiger partial charge is 0.243 e. The monoisotopic (exact) mass is 504 g/mol. The highest BCUT2D eigenvalue weighted by Gasteiger charge is 2.21.